The molecular weight excluding hydrogens is 160 g/mol. The van der Waals surface area contributed by atoms with Crippen molar-refractivity contribution in [2.45, 2.75) is 39.7 Å². The number of likely N-dealkylation sites (tertiary alicyclic amines) is 1. The van der Waals surface area contributed by atoms with E-state index >= 15 is 0 Å². The maximum atomic E-state index is 8.97. The summed E-state index contributed by atoms with van der Waals surface area (Å²) < 4.78 is 0. The molecule has 2 unspecified atom stereocenters. The molecule has 1 aliphatic heterocycles. The molecule has 0 amide bonds. The normalized spacial score (nSPS) is 26.2. The zero-order valence-electron chi connectivity index (χ0n) is 8.95. The van der Waals surface area contributed by atoms with E-state index in [0.29, 0.717) is 12.0 Å². The van der Waals surface area contributed by atoms with Gasteiger partial charge in [0.05, 0.1) is 12.0 Å². The maximum Gasteiger partial charge on any atom is 0.0672 e. The first kappa shape index (κ1) is 10.5. The van der Waals surface area contributed by atoms with E-state index in [9.17, 15) is 0 Å². The molecule has 1 aliphatic rings. The van der Waals surface area contributed by atoms with Gasteiger partial charge in [0.25, 0.3) is 0 Å². The van der Waals surface area contributed by atoms with Gasteiger partial charge in [-0.2, -0.15) is 5.26 Å². The van der Waals surface area contributed by atoms with Crippen LogP contribution in [-0.2, 0) is 0 Å². The van der Waals surface area contributed by atoms with E-state index in [0.717, 1.165) is 6.54 Å². The average molecular weight is 180 g/mol. The largest absolute Gasteiger partial charge is 0.299 e. The number of nitriles is 1. The molecule has 1 rings (SSSR count). The van der Waals surface area contributed by atoms with E-state index in [1.807, 2.05) is 0 Å². The Morgan fingerprint density at radius 1 is 1.54 bits per heavy atom. The van der Waals surface area contributed by atoms with Crippen molar-refractivity contribution in [1.29, 1.82) is 5.26 Å². The van der Waals surface area contributed by atoms with Gasteiger partial charge in [-0.3, -0.25) is 4.90 Å². The SMILES string of the molecule is CC(C)C(C#N)CN1CCCC1C. The van der Waals surface area contributed by atoms with Crippen molar-refractivity contribution in [3.8, 4) is 6.07 Å². The molecule has 0 aromatic carbocycles. The standard InChI is InChI=1S/C11H20N2/c1-9(2)11(7-12)8-13-6-4-5-10(13)3/h9-11H,4-6,8H2,1-3H3. The van der Waals surface area contributed by atoms with E-state index in [-0.39, 0.29) is 5.92 Å². The molecule has 0 spiro atoms. The lowest BCUT2D eigenvalue weighted by Gasteiger charge is -2.25. The number of rotatable bonds is 3. The van der Waals surface area contributed by atoms with Gasteiger partial charge < -0.3 is 0 Å². The molecule has 1 heterocycles. The molecule has 74 valence electrons. The van der Waals surface area contributed by atoms with Crippen LogP contribution in [0.5, 0.6) is 0 Å². The first-order valence-electron chi connectivity index (χ1n) is 5.28. The highest BCUT2D eigenvalue weighted by Crippen LogP contribution is 2.20. The molecule has 1 saturated heterocycles. The first-order chi connectivity index (χ1) is 6.15. The summed E-state index contributed by atoms with van der Waals surface area (Å²) in [6.07, 6.45) is 2.60. The fourth-order valence-corrected chi connectivity index (χ4v) is 1.92. The van der Waals surface area contributed by atoms with Gasteiger partial charge in [-0.15, -0.1) is 0 Å². The van der Waals surface area contributed by atoms with Crippen LogP contribution in [0.1, 0.15) is 33.6 Å². The average Bonchev–Trinajstić information content (AvgIpc) is 2.46. The molecule has 1 fully saturated rings. The second-order valence-corrected chi connectivity index (χ2v) is 4.47. The molecule has 0 N–H and O–H groups in total. The minimum atomic E-state index is 0.209. The summed E-state index contributed by atoms with van der Waals surface area (Å²) in [5.74, 6) is 0.693. The Hall–Kier alpha value is -0.550. The van der Waals surface area contributed by atoms with Crippen LogP contribution >= 0.6 is 0 Å². The van der Waals surface area contributed by atoms with Gasteiger partial charge in [0, 0.05) is 12.6 Å². The van der Waals surface area contributed by atoms with Crippen molar-refractivity contribution in [2.24, 2.45) is 11.8 Å². The fraction of sp³-hybridized carbons (Fsp3) is 0.909. The lowest BCUT2D eigenvalue weighted by molar-refractivity contribution is 0.224. The van der Waals surface area contributed by atoms with Crippen molar-refractivity contribution >= 4 is 0 Å². The molecule has 0 aromatic rings. The fourth-order valence-electron chi connectivity index (χ4n) is 1.92. The van der Waals surface area contributed by atoms with Gasteiger partial charge in [-0.25, -0.2) is 0 Å². The molecule has 0 bridgehead atoms. The molecule has 2 nitrogen and oxygen atoms in total. The quantitative estimate of drug-likeness (QED) is 0.666. The highest BCUT2D eigenvalue weighted by Gasteiger charge is 2.24. The van der Waals surface area contributed by atoms with Crippen LogP contribution in [0.15, 0.2) is 0 Å². The summed E-state index contributed by atoms with van der Waals surface area (Å²) in [7, 11) is 0. The third-order valence-corrected chi connectivity index (χ3v) is 3.09. The Morgan fingerprint density at radius 2 is 2.23 bits per heavy atom. The van der Waals surface area contributed by atoms with Crippen LogP contribution in [0.3, 0.4) is 0 Å². The summed E-state index contributed by atoms with van der Waals surface area (Å²) >= 11 is 0. The molecule has 2 atom stereocenters. The first-order valence-corrected chi connectivity index (χ1v) is 5.28. The van der Waals surface area contributed by atoms with Gasteiger partial charge in [-0.1, -0.05) is 13.8 Å². The van der Waals surface area contributed by atoms with Gasteiger partial charge in [0.2, 0.25) is 0 Å². The van der Waals surface area contributed by atoms with Gasteiger partial charge in [-0.05, 0) is 32.2 Å². The lowest BCUT2D eigenvalue weighted by Crippen LogP contribution is -2.33. The molecule has 0 aromatic heterocycles. The van der Waals surface area contributed by atoms with E-state index < -0.39 is 0 Å². The van der Waals surface area contributed by atoms with Crippen LogP contribution in [0, 0.1) is 23.2 Å². The highest BCUT2D eigenvalue weighted by molar-refractivity contribution is 4.89. The van der Waals surface area contributed by atoms with Crippen molar-refractivity contribution in [1.82, 2.24) is 4.90 Å². The van der Waals surface area contributed by atoms with E-state index in [4.69, 9.17) is 5.26 Å². The van der Waals surface area contributed by atoms with Crippen molar-refractivity contribution in [3.63, 3.8) is 0 Å². The number of nitrogens with zero attached hydrogens (tertiary/aromatic N) is 2. The molecule has 0 saturated carbocycles. The second-order valence-electron chi connectivity index (χ2n) is 4.47. The van der Waals surface area contributed by atoms with Gasteiger partial charge in [0.15, 0.2) is 0 Å². The van der Waals surface area contributed by atoms with Crippen LogP contribution in [0.4, 0.5) is 0 Å². The Balaban J connectivity index is 2.42. The smallest absolute Gasteiger partial charge is 0.0672 e. The van der Waals surface area contributed by atoms with E-state index in [1.165, 1.54) is 19.4 Å². The molecular formula is C11H20N2. The lowest BCUT2D eigenvalue weighted by atomic mass is 9.97. The number of hydrogen-bond acceptors (Lipinski definition) is 2. The van der Waals surface area contributed by atoms with E-state index in [1.54, 1.807) is 0 Å². The minimum Gasteiger partial charge on any atom is -0.299 e. The Kier molecular flexibility index (Phi) is 3.74. The predicted molar refractivity (Wildman–Crippen MR) is 54.2 cm³/mol. The summed E-state index contributed by atoms with van der Waals surface area (Å²) in [6.45, 7) is 8.69. The van der Waals surface area contributed by atoms with Crippen molar-refractivity contribution < 1.29 is 0 Å². The maximum absolute atomic E-state index is 8.97. The number of hydrogen-bond donors (Lipinski definition) is 0. The molecule has 0 radical (unpaired) electrons. The van der Waals surface area contributed by atoms with Gasteiger partial charge in [0.1, 0.15) is 0 Å². The zero-order valence-corrected chi connectivity index (χ0v) is 8.95. The van der Waals surface area contributed by atoms with E-state index in [2.05, 4.69) is 31.7 Å². The van der Waals surface area contributed by atoms with Crippen LogP contribution < -0.4 is 0 Å². The topological polar surface area (TPSA) is 27.0 Å². The Morgan fingerprint density at radius 3 is 2.62 bits per heavy atom. The van der Waals surface area contributed by atoms with Crippen LogP contribution in [0.2, 0.25) is 0 Å². The van der Waals surface area contributed by atoms with Crippen LogP contribution in [-0.4, -0.2) is 24.0 Å². The van der Waals surface area contributed by atoms with Crippen LogP contribution in [0.25, 0.3) is 0 Å². The summed E-state index contributed by atoms with van der Waals surface area (Å²) in [5, 5.41) is 8.97. The second kappa shape index (κ2) is 4.62. The highest BCUT2D eigenvalue weighted by atomic mass is 15.2. The van der Waals surface area contributed by atoms with Crippen molar-refractivity contribution in [3.05, 3.63) is 0 Å². The minimum absolute atomic E-state index is 0.209. The van der Waals surface area contributed by atoms with Gasteiger partial charge >= 0.3 is 0 Å². The zero-order chi connectivity index (χ0) is 9.84. The monoisotopic (exact) mass is 180 g/mol. The Labute approximate surface area is 81.5 Å². The third kappa shape index (κ3) is 2.70. The summed E-state index contributed by atoms with van der Waals surface area (Å²) in [5.41, 5.74) is 0. The molecule has 2 heteroatoms. The molecule has 0 aliphatic carbocycles. The Bertz CT molecular complexity index is 193. The molecule has 13 heavy (non-hydrogen) atoms. The predicted octanol–water partition coefficient (Wildman–Crippen LogP) is 2.27. The third-order valence-electron chi connectivity index (χ3n) is 3.09. The van der Waals surface area contributed by atoms with Crippen molar-refractivity contribution in [2.75, 3.05) is 13.1 Å². The summed E-state index contributed by atoms with van der Waals surface area (Å²) in [4.78, 5) is 2.45. The summed E-state index contributed by atoms with van der Waals surface area (Å²) in [6, 6.07) is 3.10.